The number of carbonyl (C=O) groups is 2. The highest BCUT2D eigenvalue weighted by Gasteiger charge is 2.42. The number of likely N-dealkylation sites (tertiary alicyclic amines) is 1. The van der Waals surface area contributed by atoms with Crippen LogP contribution in [0.25, 0.3) is 10.4 Å². The highest BCUT2D eigenvalue weighted by atomic mass is 35.5. The molecule has 9 heteroatoms. The molecule has 1 unspecified atom stereocenters. The summed E-state index contributed by atoms with van der Waals surface area (Å²) in [6, 6.07) is 6.32. The number of nitrogens with two attached hydrogens (primary N) is 1. The van der Waals surface area contributed by atoms with E-state index >= 15 is 0 Å². The predicted octanol–water partition coefficient (Wildman–Crippen LogP) is 3.05. The molecule has 32 heavy (non-hydrogen) atoms. The van der Waals surface area contributed by atoms with Gasteiger partial charge in [-0.1, -0.05) is 45.0 Å². The van der Waals surface area contributed by atoms with E-state index in [0.29, 0.717) is 0 Å². The number of rotatable bonds is 5. The summed E-state index contributed by atoms with van der Waals surface area (Å²) in [5.41, 5.74) is 10.6. The smallest absolute Gasteiger partial charge is 0.243 e. The van der Waals surface area contributed by atoms with E-state index in [2.05, 4.69) is 10.3 Å². The number of carbonyl (C=O) groups excluding carboxylic acids is 2. The first kappa shape index (κ1) is 26.3. The number of hydrogen-bond acceptors (Lipinski definition) is 6. The Morgan fingerprint density at radius 1 is 1.28 bits per heavy atom. The summed E-state index contributed by atoms with van der Waals surface area (Å²) >= 11 is 1.60. The minimum absolute atomic E-state index is 0. The summed E-state index contributed by atoms with van der Waals surface area (Å²) in [6.45, 7) is 9.67. The fraction of sp³-hybridized carbons (Fsp3) is 0.522. The van der Waals surface area contributed by atoms with Crippen molar-refractivity contribution in [3.8, 4) is 10.4 Å². The number of aromatic nitrogens is 1. The molecule has 1 aromatic carbocycles. The number of benzene rings is 1. The van der Waals surface area contributed by atoms with E-state index in [1.165, 1.54) is 4.90 Å². The number of amides is 2. The molecule has 2 amide bonds. The third-order valence-electron chi connectivity index (χ3n) is 5.84. The van der Waals surface area contributed by atoms with E-state index in [1.54, 1.807) is 11.3 Å². The Kier molecular flexibility index (Phi) is 8.44. The second kappa shape index (κ2) is 10.3. The normalized spacial score (nSPS) is 20.4. The van der Waals surface area contributed by atoms with Crippen molar-refractivity contribution >= 4 is 35.6 Å². The monoisotopic (exact) mass is 480 g/mol. The largest absolute Gasteiger partial charge is 0.391 e. The SMILES string of the molecule is Cc1ncsc1-c1ccc([C@H](C)NC(=O)[C@H]2C[C@H](O)CN2C(=O)C(N)C(C)(C)C)cc1.Cl. The van der Waals surface area contributed by atoms with E-state index in [-0.39, 0.29) is 43.2 Å². The fourth-order valence-electron chi connectivity index (χ4n) is 3.75. The van der Waals surface area contributed by atoms with Gasteiger partial charge >= 0.3 is 0 Å². The number of aliphatic hydroxyl groups is 1. The van der Waals surface area contributed by atoms with Crippen molar-refractivity contribution in [1.82, 2.24) is 15.2 Å². The van der Waals surface area contributed by atoms with Crippen molar-refractivity contribution in [2.45, 2.75) is 65.3 Å². The van der Waals surface area contributed by atoms with Gasteiger partial charge in [0.2, 0.25) is 11.8 Å². The Bertz CT molecular complexity index is 941. The first-order valence-electron chi connectivity index (χ1n) is 10.5. The van der Waals surface area contributed by atoms with Crippen LogP contribution in [-0.4, -0.2) is 51.5 Å². The molecule has 1 aliphatic rings. The van der Waals surface area contributed by atoms with Gasteiger partial charge in [-0.15, -0.1) is 23.7 Å². The molecule has 1 aromatic heterocycles. The topological polar surface area (TPSA) is 109 Å². The van der Waals surface area contributed by atoms with Crippen molar-refractivity contribution in [2.75, 3.05) is 6.54 Å². The number of thiazole rings is 1. The maximum absolute atomic E-state index is 13.0. The summed E-state index contributed by atoms with van der Waals surface area (Å²) in [5, 5.41) is 13.1. The van der Waals surface area contributed by atoms with Crippen molar-refractivity contribution in [2.24, 2.45) is 11.1 Å². The third-order valence-corrected chi connectivity index (χ3v) is 6.82. The molecule has 2 aromatic rings. The predicted molar refractivity (Wildman–Crippen MR) is 130 cm³/mol. The van der Waals surface area contributed by atoms with Gasteiger partial charge in [0.25, 0.3) is 0 Å². The van der Waals surface area contributed by atoms with Crippen molar-refractivity contribution in [3.05, 3.63) is 41.0 Å². The number of aliphatic hydroxyl groups excluding tert-OH is 1. The van der Waals surface area contributed by atoms with Crippen LogP contribution in [0.5, 0.6) is 0 Å². The highest BCUT2D eigenvalue weighted by molar-refractivity contribution is 7.13. The van der Waals surface area contributed by atoms with Crippen LogP contribution in [0.1, 0.15) is 51.4 Å². The average Bonchev–Trinajstić information content (AvgIpc) is 3.31. The van der Waals surface area contributed by atoms with Crippen LogP contribution in [0, 0.1) is 12.3 Å². The van der Waals surface area contributed by atoms with E-state index < -0.39 is 23.6 Å². The minimum atomic E-state index is -0.742. The van der Waals surface area contributed by atoms with Crippen LogP contribution in [0.4, 0.5) is 0 Å². The van der Waals surface area contributed by atoms with Crippen molar-refractivity contribution in [1.29, 1.82) is 0 Å². The quantitative estimate of drug-likeness (QED) is 0.609. The summed E-state index contributed by atoms with van der Waals surface area (Å²) in [6.07, 6.45) is -0.519. The highest BCUT2D eigenvalue weighted by Crippen LogP contribution is 2.29. The molecule has 176 valence electrons. The Labute approximate surface area is 199 Å². The first-order chi connectivity index (χ1) is 14.5. The molecule has 0 bridgehead atoms. The lowest BCUT2D eigenvalue weighted by Crippen LogP contribution is -2.55. The molecule has 1 saturated heterocycles. The van der Waals surface area contributed by atoms with E-state index in [0.717, 1.165) is 21.7 Å². The van der Waals surface area contributed by atoms with Crippen LogP contribution >= 0.6 is 23.7 Å². The first-order valence-corrected chi connectivity index (χ1v) is 11.4. The number of nitrogens with one attached hydrogen (secondary N) is 1. The molecule has 1 aliphatic heterocycles. The van der Waals surface area contributed by atoms with Gasteiger partial charge in [0.05, 0.1) is 34.3 Å². The fourth-order valence-corrected chi connectivity index (χ4v) is 4.56. The number of halogens is 1. The molecule has 4 atom stereocenters. The van der Waals surface area contributed by atoms with Gasteiger partial charge in [-0.25, -0.2) is 4.98 Å². The standard InChI is InChI=1S/C23H32N4O3S.ClH/c1-13(15-6-8-16(9-7-15)19-14(2)25-12-31-19)26-21(29)18-10-17(28)11-27(18)22(30)20(24)23(3,4)5;/h6-9,12-13,17-18,20,28H,10-11,24H2,1-5H3,(H,26,29);1H/t13-,17-,18+,20?;/m0./s1. The molecule has 0 radical (unpaired) electrons. The lowest BCUT2D eigenvalue weighted by Gasteiger charge is -2.32. The average molecular weight is 481 g/mol. The van der Waals surface area contributed by atoms with Gasteiger partial charge in [-0.05, 0) is 30.4 Å². The molecule has 0 spiro atoms. The zero-order valence-corrected chi connectivity index (χ0v) is 20.8. The van der Waals surface area contributed by atoms with E-state index in [4.69, 9.17) is 5.73 Å². The van der Waals surface area contributed by atoms with Crippen molar-refractivity contribution < 1.29 is 14.7 Å². The summed E-state index contributed by atoms with van der Waals surface area (Å²) in [4.78, 5) is 32.7. The maximum Gasteiger partial charge on any atom is 0.243 e. The van der Waals surface area contributed by atoms with Crippen LogP contribution in [0.2, 0.25) is 0 Å². The molecule has 2 heterocycles. The van der Waals surface area contributed by atoms with Gasteiger partial charge in [0, 0.05) is 13.0 Å². The Balaban J connectivity index is 0.00000363. The molecule has 0 saturated carbocycles. The molecule has 7 nitrogen and oxygen atoms in total. The number of β-amino-alcohol motifs (C(OH)–C–C–N with tert-alkyl or cyclic N) is 1. The van der Waals surface area contributed by atoms with Gasteiger partial charge < -0.3 is 21.1 Å². The molecule has 4 N–H and O–H groups in total. The van der Waals surface area contributed by atoms with E-state index in [9.17, 15) is 14.7 Å². The van der Waals surface area contributed by atoms with Gasteiger partial charge in [-0.3, -0.25) is 9.59 Å². The van der Waals surface area contributed by atoms with Gasteiger partial charge in [0.1, 0.15) is 6.04 Å². The summed E-state index contributed by atoms with van der Waals surface area (Å²) in [7, 11) is 0. The van der Waals surface area contributed by atoms with Crippen LogP contribution < -0.4 is 11.1 Å². The minimum Gasteiger partial charge on any atom is -0.391 e. The summed E-state index contributed by atoms with van der Waals surface area (Å²) < 4.78 is 0. The van der Waals surface area contributed by atoms with Crippen LogP contribution in [-0.2, 0) is 9.59 Å². The van der Waals surface area contributed by atoms with Gasteiger partial charge in [0.15, 0.2) is 0 Å². The number of nitrogens with zero attached hydrogens (tertiary/aromatic N) is 2. The number of aryl methyl sites for hydroxylation is 1. The van der Waals surface area contributed by atoms with Crippen molar-refractivity contribution in [3.63, 3.8) is 0 Å². The molecule has 3 rings (SSSR count). The lowest BCUT2D eigenvalue weighted by molar-refractivity contribution is -0.141. The molecular formula is C23H33ClN4O3S. The second-order valence-corrected chi connectivity index (χ2v) is 10.2. The molecular weight excluding hydrogens is 448 g/mol. The lowest BCUT2D eigenvalue weighted by atomic mass is 9.86. The maximum atomic E-state index is 13.0. The Hall–Kier alpha value is -2.00. The van der Waals surface area contributed by atoms with Gasteiger partial charge in [-0.2, -0.15) is 0 Å². The van der Waals surface area contributed by atoms with Crippen LogP contribution in [0.3, 0.4) is 0 Å². The molecule has 1 fully saturated rings. The van der Waals surface area contributed by atoms with Crippen LogP contribution in [0.15, 0.2) is 29.8 Å². The zero-order valence-electron chi connectivity index (χ0n) is 19.2. The number of hydrogen-bond donors (Lipinski definition) is 3. The van der Waals surface area contributed by atoms with E-state index in [1.807, 2.05) is 64.4 Å². The Morgan fingerprint density at radius 2 is 1.91 bits per heavy atom. The summed E-state index contributed by atoms with van der Waals surface area (Å²) in [5.74, 6) is -0.581. The zero-order chi connectivity index (χ0) is 22.9. The Morgan fingerprint density at radius 3 is 2.44 bits per heavy atom. The third kappa shape index (κ3) is 5.67. The second-order valence-electron chi connectivity index (χ2n) is 9.36. The molecule has 0 aliphatic carbocycles.